The molecule has 0 unspecified atom stereocenters. The van der Waals surface area contributed by atoms with Crippen LogP contribution in [0.5, 0.6) is 0 Å². The molecule has 1 aliphatic carbocycles. The molecule has 0 aromatic carbocycles. The van der Waals surface area contributed by atoms with Crippen LogP contribution in [0.3, 0.4) is 0 Å². The Morgan fingerprint density at radius 3 is 2.65 bits per heavy atom. The van der Waals surface area contributed by atoms with Gasteiger partial charge in [0.25, 0.3) is 0 Å². The summed E-state index contributed by atoms with van der Waals surface area (Å²) >= 11 is 0. The molecule has 0 radical (unpaired) electrons. The molecule has 0 fully saturated rings. The number of rotatable bonds is 8. The van der Waals surface area contributed by atoms with E-state index in [1.807, 2.05) is 13.8 Å². The molecule has 0 aromatic rings. The van der Waals surface area contributed by atoms with Gasteiger partial charge in [0.05, 0.1) is 11.8 Å². The number of aliphatic carboxylic acids is 1. The van der Waals surface area contributed by atoms with Crippen molar-refractivity contribution in [1.82, 2.24) is 0 Å². The number of carboxylic acid groups (broad SMARTS) is 1. The highest BCUT2D eigenvalue weighted by Crippen LogP contribution is 2.41. The van der Waals surface area contributed by atoms with Crippen LogP contribution in [0.25, 0.3) is 10.4 Å². The zero-order valence-electron chi connectivity index (χ0n) is 14.9. The monoisotopic (exact) mass is 361 g/mol. The summed E-state index contributed by atoms with van der Waals surface area (Å²) < 4.78 is 5.49. The van der Waals surface area contributed by atoms with E-state index in [4.69, 9.17) is 10.3 Å². The van der Waals surface area contributed by atoms with Crippen LogP contribution in [-0.2, 0) is 14.3 Å². The molecule has 0 bridgehead atoms. The van der Waals surface area contributed by atoms with Gasteiger partial charge in [0.15, 0.2) is 5.78 Å². The third kappa shape index (κ3) is 3.91. The molecule has 2 N–H and O–H groups in total. The smallest absolute Gasteiger partial charge is 0.343 e. The van der Waals surface area contributed by atoms with Crippen LogP contribution in [0.2, 0.25) is 0 Å². The van der Waals surface area contributed by atoms with Gasteiger partial charge in [-0.1, -0.05) is 24.9 Å². The van der Waals surface area contributed by atoms with Gasteiger partial charge in [0, 0.05) is 22.9 Å². The van der Waals surface area contributed by atoms with Crippen molar-refractivity contribution in [3.8, 4) is 0 Å². The van der Waals surface area contributed by atoms with Gasteiger partial charge in [-0.25, -0.2) is 4.79 Å². The Bertz CT molecular complexity index is 744. The predicted octanol–water partition coefficient (Wildman–Crippen LogP) is 3.96. The number of aliphatic hydroxyl groups is 1. The fourth-order valence-corrected chi connectivity index (χ4v) is 3.30. The van der Waals surface area contributed by atoms with E-state index in [-0.39, 0.29) is 12.0 Å². The molecule has 0 amide bonds. The maximum Gasteiger partial charge on any atom is 0.343 e. The average molecular weight is 361 g/mol. The molecule has 0 spiro atoms. The Kier molecular flexibility index (Phi) is 6.46. The number of carbonyl (C=O) groups excluding carboxylic acids is 1. The average Bonchev–Trinajstić information content (AvgIpc) is 2.59. The second kappa shape index (κ2) is 8.58. The van der Waals surface area contributed by atoms with Crippen LogP contribution >= 0.6 is 0 Å². The van der Waals surface area contributed by atoms with Gasteiger partial charge in [0.2, 0.25) is 0 Å². The normalized spacial score (nSPS) is 22.4. The lowest BCUT2D eigenvalue weighted by molar-refractivity contribution is -0.134. The van der Waals surface area contributed by atoms with Crippen LogP contribution in [0.4, 0.5) is 0 Å². The molecule has 26 heavy (non-hydrogen) atoms. The van der Waals surface area contributed by atoms with Crippen molar-refractivity contribution in [2.45, 2.75) is 52.1 Å². The van der Waals surface area contributed by atoms with Gasteiger partial charge in [-0.2, -0.15) is 0 Å². The van der Waals surface area contributed by atoms with Gasteiger partial charge in [0.1, 0.15) is 17.4 Å². The molecule has 140 valence electrons. The van der Waals surface area contributed by atoms with Crippen LogP contribution in [-0.4, -0.2) is 34.6 Å². The molecule has 8 heteroatoms. The lowest BCUT2D eigenvalue weighted by atomic mass is 9.76. The van der Waals surface area contributed by atoms with Gasteiger partial charge in [-0.05, 0) is 37.3 Å². The molecule has 8 nitrogen and oxygen atoms in total. The number of hydrogen-bond donors (Lipinski definition) is 2. The summed E-state index contributed by atoms with van der Waals surface area (Å²) in [7, 11) is 0. The van der Waals surface area contributed by atoms with Crippen LogP contribution in [0.15, 0.2) is 39.4 Å². The third-order valence-corrected chi connectivity index (χ3v) is 4.88. The van der Waals surface area contributed by atoms with E-state index >= 15 is 0 Å². The molecule has 2 rings (SSSR count). The molecular weight excluding hydrogens is 338 g/mol. The fourth-order valence-electron chi connectivity index (χ4n) is 3.30. The Hall–Kier alpha value is -2.73. The number of ether oxygens (including phenoxy) is 1. The minimum atomic E-state index is -1.44. The van der Waals surface area contributed by atoms with E-state index in [0.717, 1.165) is 19.3 Å². The van der Waals surface area contributed by atoms with E-state index in [1.165, 1.54) is 6.26 Å². The highest BCUT2D eigenvalue weighted by molar-refractivity contribution is 6.26. The number of hydrogen-bond acceptors (Lipinski definition) is 5. The Morgan fingerprint density at radius 1 is 1.31 bits per heavy atom. The predicted molar refractivity (Wildman–Crippen MR) is 94.2 cm³/mol. The number of ketones is 1. The van der Waals surface area contributed by atoms with Crippen molar-refractivity contribution in [2.75, 3.05) is 6.54 Å². The summed E-state index contributed by atoms with van der Waals surface area (Å²) in [6.45, 7) is 4.22. The first-order chi connectivity index (χ1) is 12.4. The molecule has 0 aromatic heterocycles. The molecular formula is C18H23N3O5. The number of carboxylic acids is 1. The van der Waals surface area contributed by atoms with Gasteiger partial charge < -0.3 is 14.9 Å². The van der Waals surface area contributed by atoms with Crippen molar-refractivity contribution in [1.29, 1.82) is 0 Å². The largest absolute Gasteiger partial charge is 0.506 e. The third-order valence-electron chi connectivity index (χ3n) is 4.88. The number of carbonyl (C=O) groups is 2. The van der Waals surface area contributed by atoms with Crippen molar-refractivity contribution < 1.29 is 24.5 Å². The van der Waals surface area contributed by atoms with E-state index in [9.17, 15) is 19.8 Å². The minimum Gasteiger partial charge on any atom is -0.506 e. The number of unbranched alkanes of at least 4 members (excludes halogenated alkanes) is 3. The summed E-state index contributed by atoms with van der Waals surface area (Å²) in [6.07, 6.45) is 4.81. The van der Waals surface area contributed by atoms with E-state index < -0.39 is 23.1 Å². The molecule has 1 aliphatic heterocycles. The number of fused-ring (bicyclic) bond motifs is 1. The van der Waals surface area contributed by atoms with Crippen molar-refractivity contribution >= 4 is 11.8 Å². The zero-order valence-corrected chi connectivity index (χ0v) is 14.9. The topological polar surface area (TPSA) is 133 Å². The molecule has 1 heterocycles. The first kappa shape index (κ1) is 19.6. The summed E-state index contributed by atoms with van der Waals surface area (Å²) in [5.41, 5.74) is 9.08. The first-order valence-corrected chi connectivity index (χ1v) is 8.71. The first-order valence-electron chi connectivity index (χ1n) is 8.71. The number of azide groups is 1. The quantitative estimate of drug-likeness (QED) is 0.222. The minimum absolute atomic E-state index is 0.128. The number of Topliss-reactive ketones (excluding diaryl/α,β-unsaturated/α-hetero) is 1. The Morgan fingerprint density at radius 2 is 2.00 bits per heavy atom. The summed E-state index contributed by atoms with van der Waals surface area (Å²) in [5, 5.41) is 23.1. The summed E-state index contributed by atoms with van der Waals surface area (Å²) in [4.78, 5) is 26.9. The van der Waals surface area contributed by atoms with Crippen LogP contribution < -0.4 is 0 Å². The van der Waals surface area contributed by atoms with Crippen LogP contribution in [0.1, 0.15) is 46.0 Å². The van der Waals surface area contributed by atoms with Crippen molar-refractivity contribution in [3.05, 3.63) is 44.8 Å². The second-order valence-electron chi connectivity index (χ2n) is 6.53. The van der Waals surface area contributed by atoms with Crippen molar-refractivity contribution in [3.63, 3.8) is 0 Å². The van der Waals surface area contributed by atoms with Gasteiger partial charge in [-0.15, -0.1) is 0 Å². The molecule has 0 saturated heterocycles. The number of nitrogens with zero attached hydrogens (tertiary/aromatic N) is 3. The standard InChI is InChI=1S/C18H23N3O5/c1-10-11(2)26-9-13-14(10)12(7-5-3-4-6-8-20-21-19)16(22)15(17(13)23)18(24)25/h9-11,23H,3-8H2,1-2H3,(H,24,25)/t10-,11-/m1/s1. The highest BCUT2D eigenvalue weighted by Gasteiger charge is 2.40. The highest BCUT2D eigenvalue weighted by atomic mass is 16.5. The number of aliphatic hydroxyl groups excluding tert-OH is 1. The number of allylic oxidation sites excluding steroid dienone is 2. The molecule has 2 aliphatic rings. The zero-order chi connectivity index (χ0) is 19.3. The van der Waals surface area contributed by atoms with E-state index in [0.29, 0.717) is 36.1 Å². The fraction of sp³-hybridized carbons (Fsp3) is 0.556. The summed E-state index contributed by atoms with van der Waals surface area (Å²) in [6, 6.07) is 0. The van der Waals surface area contributed by atoms with Gasteiger partial charge in [-0.3, -0.25) is 4.79 Å². The van der Waals surface area contributed by atoms with E-state index in [2.05, 4.69) is 10.0 Å². The SMILES string of the molecule is C[C@H]1OC=C2C(O)=C(C(=O)O)C(=O)C(CCCCCCN=[N+]=[N-])=C2[C@@H]1C. The summed E-state index contributed by atoms with van der Waals surface area (Å²) in [5.74, 6) is -2.70. The Balaban J connectivity index is 2.21. The lowest BCUT2D eigenvalue weighted by Gasteiger charge is -2.33. The maximum absolute atomic E-state index is 12.7. The lowest BCUT2D eigenvalue weighted by Crippen LogP contribution is -2.32. The Labute approximate surface area is 151 Å². The van der Waals surface area contributed by atoms with Crippen LogP contribution in [0, 0.1) is 5.92 Å². The second-order valence-corrected chi connectivity index (χ2v) is 6.53. The molecule has 0 saturated carbocycles. The maximum atomic E-state index is 12.7. The van der Waals surface area contributed by atoms with E-state index in [1.54, 1.807) is 0 Å². The van der Waals surface area contributed by atoms with Crippen molar-refractivity contribution in [2.24, 2.45) is 11.0 Å². The van der Waals surface area contributed by atoms with Gasteiger partial charge >= 0.3 is 5.97 Å². The molecule has 2 atom stereocenters.